The summed E-state index contributed by atoms with van der Waals surface area (Å²) in [6, 6.07) is 20.8. The van der Waals surface area contributed by atoms with Gasteiger partial charge in [-0.15, -0.1) is 0 Å². The zero-order valence-electron chi connectivity index (χ0n) is 18.4. The second-order valence-electron chi connectivity index (χ2n) is 7.69. The van der Waals surface area contributed by atoms with Crippen molar-refractivity contribution in [3.05, 3.63) is 94.5 Å². The maximum Gasteiger partial charge on any atom is 0.264 e. The number of anilines is 1. The molecule has 1 amide bonds. The van der Waals surface area contributed by atoms with Crippen molar-refractivity contribution in [1.29, 1.82) is 0 Å². The summed E-state index contributed by atoms with van der Waals surface area (Å²) < 4.78 is 28.2. The van der Waals surface area contributed by atoms with Gasteiger partial charge in [0.1, 0.15) is 6.54 Å². The maximum atomic E-state index is 13.5. The lowest BCUT2D eigenvalue weighted by molar-refractivity contribution is -0.120. The number of para-hydroxylation sites is 1. The first-order chi connectivity index (χ1) is 15.2. The Kier molecular flexibility index (Phi) is 7.59. The molecule has 3 rings (SSSR count). The van der Waals surface area contributed by atoms with Gasteiger partial charge in [-0.3, -0.25) is 9.10 Å². The lowest BCUT2D eigenvalue weighted by Crippen LogP contribution is -2.42. The summed E-state index contributed by atoms with van der Waals surface area (Å²) in [6.07, 6.45) is 0.684. The average Bonchev–Trinajstić information content (AvgIpc) is 2.77. The Morgan fingerprint density at radius 1 is 0.969 bits per heavy atom. The van der Waals surface area contributed by atoms with E-state index in [0.717, 1.165) is 21.0 Å². The fraction of sp³-hybridized carbons (Fsp3) is 0.240. The number of nitrogens with one attached hydrogen (secondary N) is 1. The molecule has 0 unspecified atom stereocenters. The Morgan fingerprint density at radius 3 is 2.19 bits per heavy atom. The summed E-state index contributed by atoms with van der Waals surface area (Å²) in [5, 5.41) is 3.43. The molecule has 0 saturated carbocycles. The SMILES string of the molecule is CC[C@H](NC(=O)CN(c1ccccc1C)S(=O)(=O)c1ccc(Cl)cc1)c1ccc(C)cc1. The molecule has 3 aromatic rings. The van der Waals surface area contributed by atoms with E-state index in [1.165, 1.54) is 24.3 Å². The molecule has 1 N–H and O–H groups in total. The van der Waals surface area contributed by atoms with Crippen LogP contribution < -0.4 is 9.62 Å². The first-order valence-electron chi connectivity index (χ1n) is 10.4. The molecule has 0 spiro atoms. The van der Waals surface area contributed by atoms with Gasteiger partial charge in [-0.25, -0.2) is 8.42 Å². The van der Waals surface area contributed by atoms with Gasteiger partial charge in [0.25, 0.3) is 10.0 Å². The molecule has 168 valence electrons. The highest BCUT2D eigenvalue weighted by atomic mass is 35.5. The predicted octanol–water partition coefficient (Wildman–Crippen LogP) is 5.42. The number of halogens is 1. The molecule has 7 heteroatoms. The topological polar surface area (TPSA) is 66.5 Å². The Labute approximate surface area is 195 Å². The van der Waals surface area contributed by atoms with Crippen LogP contribution in [0, 0.1) is 13.8 Å². The zero-order chi connectivity index (χ0) is 23.3. The zero-order valence-corrected chi connectivity index (χ0v) is 20.0. The normalized spacial score (nSPS) is 12.2. The van der Waals surface area contributed by atoms with E-state index in [1.54, 1.807) is 12.1 Å². The van der Waals surface area contributed by atoms with Gasteiger partial charge in [0.05, 0.1) is 16.6 Å². The molecule has 0 aliphatic heterocycles. The largest absolute Gasteiger partial charge is 0.348 e. The van der Waals surface area contributed by atoms with Crippen molar-refractivity contribution >= 4 is 33.2 Å². The molecule has 0 bridgehead atoms. The quantitative estimate of drug-likeness (QED) is 0.478. The summed E-state index contributed by atoms with van der Waals surface area (Å²) >= 11 is 5.94. The van der Waals surface area contributed by atoms with E-state index in [1.807, 2.05) is 57.2 Å². The van der Waals surface area contributed by atoms with Crippen LogP contribution in [0.3, 0.4) is 0 Å². The van der Waals surface area contributed by atoms with E-state index in [0.29, 0.717) is 17.1 Å². The molecule has 0 aliphatic rings. The van der Waals surface area contributed by atoms with Crippen LogP contribution in [0.1, 0.15) is 36.1 Å². The minimum atomic E-state index is -3.99. The second kappa shape index (κ2) is 10.2. The number of amides is 1. The highest BCUT2D eigenvalue weighted by Gasteiger charge is 2.29. The van der Waals surface area contributed by atoms with E-state index in [2.05, 4.69) is 5.32 Å². The summed E-state index contributed by atoms with van der Waals surface area (Å²) in [7, 11) is -3.99. The third kappa shape index (κ3) is 5.50. The van der Waals surface area contributed by atoms with Crippen molar-refractivity contribution in [2.75, 3.05) is 10.8 Å². The van der Waals surface area contributed by atoms with Crippen molar-refractivity contribution in [3.8, 4) is 0 Å². The number of nitrogens with zero attached hydrogens (tertiary/aromatic N) is 1. The van der Waals surface area contributed by atoms with Gasteiger partial charge >= 0.3 is 0 Å². The molecular formula is C25H27ClN2O3S. The smallest absolute Gasteiger partial charge is 0.264 e. The summed E-state index contributed by atoms with van der Waals surface area (Å²) in [4.78, 5) is 13.1. The van der Waals surface area contributed by atoms with Gasteiger partial charge in [0.2, 0.25) is 5.91 Å². The van der Waals surface area contributed by atoms with Gasteiger partial charge < -0.3 is 5.32 Å². The monoisotopic (exact) mass is 470 g/mol. The van der Waals surface area contributed by atoms with E-state index in [9.17, 15) is 13.2 Å². The third-order valence-electron chi connectivity index (χ3n) is 5.30. The number of aryl methyl sites for hydroxylation is 2. The number of hydrogen-bond acceptors (Lipinski definition) is 3. The van der Waals surface area contributed by atoms with Gasteiger partial charge in [-0.05, 0) is 61.7 Å². The van der Waals surface area contributed by atoms with Gasteiger partial charge in [-0.1, -0.05) is 66.6 Å². The Bertz CT molecular complexity index is 1180. The van der Waals surface area contributed by atoms with E-state index in [-0.39, 0.29) is 23.4 Å². The fourth-order valence-electron chi connectivity index (χ4n) is 3.47. The minimum absolute atomic E-state index is 0.0727. The maximum absolute atomic E-state index is 13.5. The highest BCUT2D eigenvalue weighted by Crippen LogP contribution is 2.27. The van der Waals surface area contributed by atoms with Crippen LogP contribution in [0.15, 0.2) is 77.7 Å². The van der Waals surface area contributed by atoms with E-state index >= 15 is 0 Å². The van der Waals surface area contributed by atoms with Crippen LogP contribution >= 0.6 is 11.6 Å². The first kappa shape index (κ1) is 23.8. The molecule has 0 heterocycles. The molecule has 0 fully saturated rings. The number of sulfonamides is 1. The van der Waals surface area contributed by atoms with E-state index in [4.69, 9.17) is 11.6 Å². The van der Waals surface area contributed by atoms with Gasteiger partial charge in [0, 0.05) is 5.02 Å². The van der Waals surface area contributed by atoms with Crippen LogP contribution in [-0.4, -0.2) is 20.9 Å². The first-order valence-corrected chi connectivity index (χ1v) is 12.2. The number of carbonyl (C=O) groups excluding carboxylic acids is 1. The lowest BCUT2D eigenvalue weighted by Gasteiger charge is -2.27. The molecule has 0 aliphatic carbocycles. The van der Waals surface area contributed by atoms with Crippen molar-refractivity contribution in [2.45, 2.75) is 38.1 Å². The van der Waals surface area contributed by atoms with Crippen molar-refractivity contribution in [3.63, 3.8) is 0 Å². The second-order valence-corrected chi connectivity index (χ2v) is 9.99. The van der Waals surface area contributed by atoms with Gasteiger partial charge in [-0.2, -0.15) is 0 Å². The van der Waals surface area contributed by atoms with Crippen LogP contribution in [-0.2, 0) is 14.8 Å². The number of carbonyl (C=O) groups is 1. The third-order valence-corrected chi connectivity index (χ3v) is 7.32. The van der Waals surface area contributed by atoms with E-state index < -0.39 is 10.0 Å². The molecule has 0 radical (unpaired) electrons. The van der Waals surface area contributed by atoms with Crippen LogP contribution in [0.25, 0.3) is 0 Å². The minimum Gasteiger partial charge on any atom is -0.348 e. The van der Waals surface area contributed by atoms with Crippen LogP contribution in [0.5, 0.6) is 0 Å². The lowest BCUT2D eigenvalue weighted by atomic mass is 10.0. The Morgan fingerprint density at radius 2 is 1.59 bits per heavy atom. The summed E-state index contributed by atoms with van der Waals surface area (Å²) in [5.74, 6) is -0.377. The standard InChI is InChI=1S/C25H27ClN2O3S/c1-4-23(20-11-9-18(2)10-12-20)27-25(29)17-28(24-8-6-5-7-19(24)3)32(30,31)22-15-13-21(26)14-16-22/h5-16,23H,4,17H2,1-3H3,(H,27,29)/t23-/m0/s1. The highest BCUT2D eigenvalue weighted by molar-refractivity contribution is 7.92. The van der Waals surface area contributed by atoms with Crippen LogP contribution in [0.2, 0.25) is 5.02 Å². The average molecular weight is 471 g/mol. The molecule has 5 nitrogen and oxygen atoms in total. The Balaban J connectivity index is 1.92. The van der Waals surface area contributed by atoms with Crippen molar-refractivity contribution in [1.82, 2.24) is 5.32 Å². The molecule has 3 aromatic carbocycles. The summed E-state index contributed by atoms with van der Waals surface area (Å²) in [6.45, 7) is 5.47. The summed E-state index contributed by atoms with van der Waals surface area (Å²) in [5.41, 5.74) is 3.33. The number of rotatable bonds is 8. The van der Waals surface area contributed by atoms with Gasteiger partial charge in [0.15, 0.2) is 0 Å². The number of benzene rings is 3. The number of hydrogen-bond donors (Lipinski definition) is 1. The molecule has 0 aromatic heterocycles. The molecule has 0 saturated heterocycles. The molecular weight excluding hydrogens is 444 g/mol. The molecule has 32 heavy (non-hydrogen) atoms. The van der Waals surface area contributed by atoms with Crippen molar-refractivity contribution < 1.29 is 13.2 Å². The van der Waals surface area contributed by atoms with Crippen molar-refractivity contribution in [2.24, 2.45) is 0 Å². The fourth-order valence-corrected chi connectivity index (χ4v) is 5.08. The van der Waals surface area contributed by atoms with Crippen LogP contribution in [0.4, 0.5) is 5.69 Å². The molecule has 1 atom stereocenters. The predicted molar refractivity (Wildman–Crippen MR) is 130 cm³/mol. The Hall–Kier alpha value is -2.83.